The third-order valence-corrected chi connectivity index (χ3v) is 5.47. The van der Waals surface area contributed by atoms with E-state index in [-0.39, 0.29) is 25.3 Å². The first kappa shape index (κ1) is 21.1. The molecule has 9 heteroatoms. The van der Waals surface area contributed by atoms with E-state index in [1.165, 1.54) is 11.8 Å². The molecular weight excluding hydrogens is 398 g/mol. The van der Waals surface area contributed by atoms with Crippen molar-refractivity contribution in [2.24, 2.45) is 0 Å². The number of amides is 4. The smallest absolute Gasteiger partial charge is 0.325 e. The third kappa shape index (κ3) is 4.87. The van der Waals surface area contributed by atoms with Crippen molar-refractivity contribution in [1.82, 2.24) is 10.2 Å². The van der Waals surface area contributed by atoms with Crippen molar-refractivity contribution in [3.63, 3.8) is 0 Å². The molecule has 1 heterocycles. The molecule has 2 aliphatic rings. The number of nitrogens with one attached hydrogen (secondary N) is 2. The molecule has 4 amide bonds. The predicted octanol–water partition coefficient (Wildman–Crippen LogP) is 2.86. The summed E-state index contributed by atoms with van der Waals surface area (Å²) in [5.41, 5.74) is -0.241. The fourth-order valence-corrected chi connectivity index (χ4v) is 3.89. The van der Waals surface area contributed by atoms with Crippen LogP contribution >= 0.6 is 11.6 Å². The third-order valence-electron chi connectivity index (χ3n) is 5.24. The van der Waals surface area contributed by atoms with E-state index in [9.17, 15) is 19.2 Å². The summed E-state index contributed by atoms with van der Waals surface area (Å²) < 4.78 is 5.14. The van der Waals surface area contributed by atoms with Gasteiger partial charge < -0.3 is 15.4 Å². The highest BCUT2D eigenvalue weighted by atomic mass is 35.5. The number of ether oxygens (including phenoxy) is 1. The van der Waals surface area contributed by atoms with Crippen LogP contribution < -0.4 is 10.6 Å². The Bertz CT molecular complexity index is 822. The van der Waals surface area contributed by atoms with Crippen molar-refractivity contribution in [3.8, 4) is 0 Å². The average Bonchev–Trinajstić information content (AvgIpc) is 3.22. The van der Waals surface area contributed by atoms with Crippen LogP contribution in [0.3, 0.4) is 0 Å². The van der Waals surface area contributed by atoms with Crippen molar-refractivity contribution in [3.05, 3.63) is 29.3 Å². The molecule has 29 heavy (non-hydrogen) atoms. The molecule has 1 saturated carbocycles. The van der Waals surface area contributed by atoms with E-state index in [0.29, 0.717) is 23.6 Å². The first-order valence-corrected chi connectivity index (χ1v) is 10.1. The number of hydrogen-bond acceptors (Lipinski definition) is 5. The van der Waals surface area contributed by atoms with Gasteiger partial charge in [0.05, 0.1) is 0 Å². The van der Waals surface area contributed by atoms with E-state index in [4.69, 9.17) is 16.3 Å². The van der Waals surface area contributed by atoms with Gasteiger partial charge in [-0.2, -0.15) is 0 Å². The number of urea groups is 1. The molecule has 0 radical (unpaired) electrons. The Labute approximate surface area is 173 Å². The molecule has 3 rings (SSSR count). The quantitative estimate of drug-likeness (QED) is 0.520. The number of anilines is 1. The highest BCUT2D eigenvalue weighted by Gasteiger charge is 2.52. The zero-order chi connectivity index (χ0) is 21.0. The number of nitrogens with zero attached hydrogens (tertiary/aromatic N) is 1. The summed E-state index contributed by atoms with van der Waals surface area (Å²) in [5.74, 6) is -1.25. The summed E-state index contributed by atoms with van der Waals surface area (Å²) in [7, 11) is 0. The van der Waals surface area contributed by atoms with Gasteiger partial charge >= 0.3 is 12.0 Å². The number of carbonyl (C=O) groups is 4. The molecule has 1 aromatic carbocycles. The molecule has 0 bridgehead atoms. The minimum Gasteiger partial charge on any atom is -0.453 e. The maximum absolute atomic E-state index is 12.5. The lowest BCUT2D eigenvalue weighted by Crippen LogP contribution is -2.44. The zero-order valence-corrected chi connectivity index (χ0v) is 17.0. The molecule has 2 fully saturated rings. The molecule has 8 nitrogen and oxygen atoms in total. The summed E-state index contributed by atoms with van der Waals surface area (Å²) in [5, 5.41) is 5.90. The molecule has 1 spiro atoms. The Morgan fingerprint density at radius 2 is 2.03 bits per heavy atom. The van der Waals surface area contributed by atoms with Crippen LogP contribution in [0.1, 0.15) is 45.4 Å². The number of benzene rings is 1. The topological polar surface area (TPSA) is 105 Å². The lowest BCUT2D eigenvalue weighted by atomic mass is 9.98. The highest BCUT2D eigenvalue weighted by molar-refractivity contribution is 6.30. The maximum atomic E-state index is 12.5. The largest absolute Gasteiger partial charge is 0.453 e. The van der Waals surface area contributed by atoms with Crippen molar-refractivity contribution >= 4 is 41.1 Å². The number of rotatable bonds is 7. The van der Waals surface area contributed by atoms with Crippen LogP contribution in [0.25, 0.3) is 0 Å². The minimum atomic E-state index is -0.986. The normalized spacial score (nSPS) is 18.6. The summed E-state index contributed by atoms with van der Waals surface area (Å²) >= 11 is 5.87. The molecule has 1 unspecified atom stereocenters. The predicted molar refractivity (Wildman–Crippen MR) is 106 cm³/mol. The SMILES string of the molecule is CC(OC(=O)CCCN1C(=O)NC2(CCCC2)C1=O)C(=O)Nc1cccc(Cl)c1. The van der Waals surface area contributed by atoms with Crippen LogP contribution in [-0.4, -0.2) is 46.9 Å². The molecule has 1 aliphatic carbocycles. The van der Waals surface area contributed by atoms with Gasteiger partial charge in [0.25, 0.3) is 11.8 Å². The van der Waals surface area contributed by atoms with Crippen LogP contribution in [0.4, 0.5) is 10.5 Å². The van der Waals surface area contributed by atoms with Crippen molar-refractivity contribution in [2.75, 3.05) is 11.9 Å². The van der Waals surface area contributed by atoms with Gasteiger partial charge in [-0.25, -0.2) is 4.79 Å². The Balaban J connectivity index is 1.42. The molecule has 1 saturated heterocycles. The molecular formula is C20H24ClN3O5. The first-order valence-electron chi connectivity index (χ1n) is 9.71. The molecule has 0 aromatic heterocycles. The molecule has 1 aliphatic heterocycles. The van der Waals surface area contributed by atoms with E-state index in [1.807, 2.05) is 0 Å². The van der Waals surface area contributed by atoms with Gasteiger partial charge in [-0.15, -0.1) is 0 Å². The van der Waals surface area contributed by atoms with Crippen LogP contribution in [0.5, 0.6) is 0 Å². The van der Waals surface area contributed by atoms with Crippen LogP contribution in [-0.2, 0) is 19.1 Å². The van der Waals surface area contributed by atoms with Crippen LogP contribution in [0.2, 0.25) is 5.02 Å². The molecule has 156 valence electrons. The van der Waals surface area contributed by atoms with Gasteiger partial charge in [0.1, 0.15) is 5.54 Å². The standard InChI is InChI=1S/C20H24ClN3O5/c1-13(17(26)22-15-7-4-6-14(21)12-15)29-16(25)8-5-11-24-18(27)20(23-19(24)28)9-2-3-10-20/h4,6-7,12-13H,2-3,5,8-11H2,1H3,(H,22,26)(H,23,28). The highest BCUT2D eigenvalue weighted by Crippen LogP contribution is 2.35. The van der Waals surface area contributed by atoms with E-state index in [0.717, 1.165) is 12.8 Å². The van der Waals surface area contributed by atoms with Crippen molar-refractivity contribution in [2.45, 2.75) is 57.1 Å². The Hall–Kier alpha value is -2.61. The van der Waals surface area contributed by atoms with Gasteiger partial charge in [-0.3, -0.25) is 19.3 Å². The molecule has 2 N–H and O–H groups in total. The zero-order valence-electron chi connectivity index (χ0n) is 16.2. The van der Waals surface area contributed by atoms with E-state index >= 15 is 0 Å². The lowest BCUT2D eigenvalue weighted by molar-refractivity contribution is -0.153. The molecule has 1 atom stereocenters. The second-order valence-corrected chi connectivity index (χ2v) is 7.85. The maximum Gasteiger partial charge on any atom is 0.325 e. The van der Waals surface area contributed by atoms with Gasteiger partial charge in [0.15, 0.2) is 6.10 Å². The monoisotopic (exact) mass is 421 g/mol. The fraction of sp³-hybridized carbons (Fsp3) is 0.500. The number of halogens is 1. The van der Waals surface area contributed by atoms with Crippen LogP contribution in [0, 0.1) is 0 Å². The van der Waals surface area contributed by atoms with Crippen molar-refractivity contribution < 1.29 is 23.9 Å². The Kier molecular flexibility index (Phi) is 6.42. The van der Waals surface area contributed by atoms with Gasteiger partial charge in [0.2, 0.25) is 0 Å². The Morgan fingerprint density at radius 3 is 2.72 bits per heavy atom. The molecule has 1 aromatic rings. The summed E-state index contributed by atoms with van der Waals surface area (Å²) in [4.78, 5) is 50.0. The van der Waals surface area contributed by atoms with Gasteiger partial charge in [-0.1, -0.05) is 30.5 Å². The van der Waals surface area contributed by atoms with Gasteiger partial charge in [-0.05, 0) is 44.4 Å². The second-order valence-electron chi connectivity index (χ2n) is 7.41. The van der Waals surface area contributed by atoms with Crippen molar-refractivity contribution in [1.29, 1.82) is 0 Å². The summed E-state index contributed by atoms with van der Waals surface area (Å²) in [6.45, 7) is 1.61. The Morgan fingerprint density at radius 1 is 1.31 bits per heavy atom. The van der Waals surface area contributed by atoms with E-state index < -0.39 is 29.6 Å². The van der Waals surface area contributed by atoms with Gasteiger partial charge in [0, 0.05) is 23.7 Å². The minimum absolute atomic E-state index is 0.00115. The first-order chi connectivity index (χ1) is 13.8. The number of hydrogen-bond donors (Lipinski definition) is 2. The van der Waals surface area contributed by atoms with Crippen LogP contribution in [0.15, 0.2) is 24.3 Å². The summed E-state index contributed by atoms with van der Waals surface area (Å²) in [6.07, 6.45) is 2.45. The fourth-order valence-electron chi connectivity index (χ4n) is 3.70. The van der Waals surface area contributed by atoms with E-state index in [1.54, 1.807) is 24.3 Å². The number of imide groups is 1. The average molecular weight is 422 g/mol. The summed E-state index contributed by atoms with van der Waals surface area (Å²) in [6, 6.07) is 6.23. The van der Waals surface area contributed by atoms with E-state index in [2.05, 4.69) is 10.6 Å². The number of carbonyl (C=O) groups excluding carboxylic acids is 4. The lowest BCUT2D eigenvalue weighted by Gasteiger charge is -2.20. The number of esters is 1. The second kappa shape index (κ2) is 8.82.